The number of aromatic carboxylic acids is 1. The third-order valence-corrected chi connectivity index (χ3v) is 4.96. The van der Waals surface area contributed by atoms with E-state index in [1.165, 1.54) is 24.3 Å². The molecular weight excluding hydrogens is 344 g/mol. The number of carboxylic acid groups (broad SMARTS) is 1. The van der Waals surface area contributed by atoms with E-state index < -0.39 is 15.8 Å². The molecule has 4 nitrogen and oxygen atoms in total. The molecule has 6 heteroatoms. The van der Waals surface area contributed by atoms with Gasteiger partial charge in [-0.05, 0) is 42.0 Å². The van der Waals surface area contributed by atoms with Gasteiger partial charge in [-0.25, -0.2) is 13.2 Å². The van der Waals surface area contributed by atoms with E-state index in [1.54, 1.807) is 24.3 Å². The predicted octanol–water partition coefficient (Wildman–Crippen LogP) is 3.12. The highest BCUT2D eigenvalue weighted by atomic mass is 79.9. The van der Waals surface area contributed by atoms with E-state index in [9.17, 15) is 13.2 Å². The van der Waals surface area contributed by atoms with E-state index in [-0.39, 0.29) is 16.2 Å². The summed E-state index contributed by atoms with van der Waals surface area (Å²) in [7, 11) is -3.48. The Hall–Kier alpha value is -1.66. The molecule has 0 saturated carbocycles. The number of benzene rings is 2. The molecule has 0 radical (unpaired) electrons. The Labute approximate surface area is 125 Å². The van der Waals surface area contributed by atoms with Crippen molar-refractivity contribution in [1.82, 2.24) is 0 Å². The SMILES string of the molecule is O=C(O)c1ccc(S(=O)(=O)Cc2ccc(Br)cc2)cc1. The minimum atomic E-state index is -3.48. The zero-order valence-electron chi connectivity index (χ0n) is 10.3. The quantitative estimate of drug-likeness (QED) is 0.915. The summed E-state index contributed by atoms with van der Waals surface area (Å²) in [5.74, 6) is -1.20. The number of carboxylic acids is 1. The summed E-state index contributed by atoms with van der Waals surface area (Å²) >= 11 is 3.29. The first-order chi connectivity index (χ1) is 9.38. The van der Waals surface area contributed by atoms with Gasteiger partial charge in [-0.1, -0.05) is 28.1 Å². The monoisotopic (exact) mass is 354 g/mol. The number of sulfone groups is 1. The third kappa shape index (κ3) is 3.46. The van der Waals surface area contributed by atoms with Crippen LogP contribution in [0.25, 0.3) is 0 Å². The maximum atomic E-state index is 12.2. The summed E-state index contributed by atoms with van der Waals surface area (Å²) in [6, 6.07) is 12.2. The Kier molecular flexibility index (Phi) is 4.25. The molecule has 0 fully saturated rings. The third-order valence-electron chi connectivity index (χ3n) is 2.73. The van der Waals surface area contributed by atoms with E-state index in [0.29, 0.717) is 5.56 Å². The Morgan fingerprint density at radius 3 is 2.05 bits per heavy atom. The van der Waals surface area contributed by atoms with Gasteiger partial charge in [0.1, 0.15) is 0 Å². The van der Waals surface area contributed by atoms with Gasteiger partial charge in [-0.2, -0.15) is 0 Å². The molecule has 0 heterocycles. The maximum Gasteiger partial charge on any atom is 0.335 e. The molecule has 0 amide bonds. The van der Waals surface area contributed by atoms with Crippen molar-refractivity contribution in [3.05, 3.63) is 64.1 Å². The van der Waals surface area contributed by atoms with E-state index in [2.05, 4.69) is 15.9 Å². The van der Waals surface area contributed by atoms with Gasteiger partial charge < -0.3 is 5.11 Å². The fourth-order valence-electron chi connectivity index (χ4n) is 1.69. The molecular formula is C14H11BrO4S. The minimum absolute atomic E-state index is 0.0626. The lowest BCUT2D eigenvalue weighted by atomic mass is 10.2. The summed E-state index contributed by atoms with van der Waals surface area (Å²) in [5.41, 5.74) is 0.739. The van der Waals surface area contributed by atoms with Gasteiger partial charge in [0.05, 0.1) is 16.2 Å². The molecule has 0 aliphatic heterocycles. The van der Waals surface area contributed by atoms with E-state index in [4.69, 9.17) is 5.11 Å². The van der Waals surface area contributed by atoms with Crippen molar-refractivity contribution >= 4 is 31.7 Å². The smallest absolute Gasteiger partial charge is 0.335 e. The first kappa shape index (κ1) is 14.7. The van der Waals surface area contributed by atoms with E-state index >= 15 is 0 Å². The summed E-state index contributed by atoms with van der Waals surface area (Å²) in [6.07, 6.45) is 0. The predicted molar refractivity (Wildman–Crippen MR) is 78.4 cm³/mol. The molecule has 2 rings (SSSR count). The van der Waals surface area contributed by atoms with Gasteiger partial charge in [0, 0.05) is 4.47 Å². The van der Waals surface area contributed by atoms with Crippen LogP contribution in [0.3, 0.4) is 0 Å². The number of rotatable bonds is 4. The van der Waals surface area contributed by atoms with Crippen molar-refractivity contribution in [3.8, 4) is 0 Å². The van der Waals surface area contributed by atoms with Crippen LogP contribution in [0.1, 0.15) is 15.9 Å². The minimum Gasteiger partial charge on any atom is -0.478 e. The van der Waals surface area contributed by atoms with Crippen molar-refractivity contribution in [3.63, 3.8) is 0 Å². The van der Waals surface area contributed by atoms with Crippen LogP contribution in [-0.2, 0) is 15.6 Å². The molecule has 1 N–H and O–H groups in total. The average Bonchev–Trinajstić information content (AvgIpc) is 2.41. The van der Waals surface area contributed by atoms with Crippen LogP contribution in [0.5, 0.6) is 0 Å². The Morgan fingerprint density at radius 2 is 1.55 bits per heavy atom. The summed E-state index contributed by atoms with van der Waals surface area (Å²) in [6.45, 7) is 0. The molecule has 2 aromatic rings. The molecule has 104 valence electrons. The van der Waals surface area contributed by atoms with Crippen LogP contribution >= 0.6 is 15.9 Å². The van der Waals surface area contributed by atoms with Crippen LogP contribution in [0, 0.1) is 0 Å². The van der Waals surface area contributed by atoms with Crippen LogP contribution in [-0.4, -0.2) is 19.5 Å². The van der Waals surface area contributed by atoms with Crippen molar-refractivity contribution in [2.75, 3.05) is 0 Å². The van der Waals surface area contributed by atoms with Crippen LogP contribution < -0.4 is 0 Å². The molecule has 0 bridgehead atoms. The molecule has 0 aliphatic rings. The van der Waals surface area contributed by atoms with Gasteiger partial charge in [-0.15, -0.1) is 0 Å². The molecule has 0 saturated heterocycles. The molecule has 0 atom stereocenters. The topological polar surface area (TPSA) is 71.4 Å². The molecule has 2 aromatic carbocycles. The average molecular weight is 355 g/mol. The summed E-state index contributed by atoms with van der Waals surface area (Å²) in [4.78, 5) is 10.8. The normalized spacial score (nSPS) is 11.2. The maximum absolute atomic E-state index is 12.2. The Morgan fingerprint density at radius 1 is 1.00 bits per heavy atom. The van der Waals surface area contributed by atoms with E-state index in [1.807, 2.05) is 0 Å². The van der Waals surface area contributed by atoms with Gasteiger partial charge in [0.15, 0.2) is 9.84 Å². The number of carbonyl (C=O) groups is 1. The second-order valence-electron chi connectivity index (χ2n) is 4.22. The summed E-state index contributed by atoms with van der Waals surface area (Å²) in [5, 5.41) is 8.79. The Bertz CT molecular complexity index is 719. The van der Waals surface area contributed by atoms with Crippen molar-refractivity contribution in [2.24, 2.45) is 0 Å². The standard InChI is InChI=1S/C14H11BrO4S/c15-12-5-1-10(2-6-12)9-20(18,19)13-7-3-11(4-8-13)14(16)17/h1-8H,9H2,(H,16,17). The van der Waals surface area contributed by atoms with Crippen molar-refractivity contribution < 1.29 is 18.3 Å². The lowest BCUT2D eigenvalue weighted by molar-refractivity contribution is 0.0697. The lowest BCUT2D eigenvalue weighted by Gasteiger charge is -2.05. The number of hydrogen-bond donors (Lipinski definition) is 1. The summed E-state index contributed by atoms with van der Waals surface area (Å²) < 4.78 is 25.3. The zero-order valence-corrected chi connectivity index (χ0v) is 12.7. The van der Waals surface area contributed by atoms with Gasteiger partial charge in [0.2, 0.25) is 0 Å². The molecule has 0 unspecified atom stereocenters. The van der Waals surface area contributed by atoms with Crippen molar-refractivity contribution in [2.45, 2.75) is 10.6 Å². The molecule has 0 spiro atoms. The largest absolute Gasteiger partial charge is 0.478 e. The lowest BCUT2D eigenvalue weighted by Crippen LogP contribution is -2.05. The van der Waals surface area contributed by atoms with Gasteiger partial charge >= 0.3 is 5.97 Å². The van der Waals surface area contributed by atoms with Crippen LogP contribution in [0.15, 0.2) is 57.9 Å². The van der Waals surface area contributed by atoms with Crippen molar-refractivity contribution in [1.29, 1.82) is 0 Å². The Balaban J connectivity index is 2.26. The van der Waals surface area contributed by atoms with Gasteiger partial charge in [-0.3, -0.25) is 0 Å². The molecule has 0 aromatic heterocycles. The number of hydrogen-bond acceptors (Lipinski definition) is 3. The first-order valence-electron chi connectivity index (χ1n) is 5.69. The van der Waals surface area contributed by atoms with Crippen LogP contribution in [0.4, 0.5) is 0 Å². The second kappa shape index (κ2) is 5.76. The first-order valence-corrected chi connectivity index (χ1v) is 8.13. The highest BCUT2D eigenvalue weighted by Crippen LogP contribution is 2.19. The zero-order chi connectivity index (χ0) is 14.8. The second-order valence-corrected chi connectivity index (χ2v) is 7.12. The van der Waals surface area contributed by atoms with Gasteiger partial charge in [0.25, 0.3) is 0 Å². The van der Waals surface area contributed by atoms with Crippen LogP contribution in [0.2, 0.25) is 0 Å². The fraction of sp³-hybridized carbons (Fsp3) is 0.0714. The highest BCUT2D eigenvalue weighted by molar-refractivity contribution is 9.10. The molecule has 0 aliphatic carbocycles. The molecule has 20 heavy (non-hydrogen) atoms. The van der Waals surface area contributed by atoms with E-state index in [0.717, 1.165) is 4.47 Å². The number of halogens is 1. The highest BCUT2D eigenvalue weighted by Gasteiger charge is 2.16. The fourth-order valence-corrected chi connectivity index (χ4v) is 3.30.